The number of amides is 1. The van der Waals surface area contributed by atoms with Crippen LogP contribution in [0, 0.1) is 0 Å². The van der Waals surface area contributed by atoms with E-state index >= 15 is 0 Å². The number of ketones is 1. The summed E-state index contributed by atoms with van der Waals surface area (Å²) < 4.78 is 5.13. The zero-order valence-electron chi connectivity index (χ0n) is 12.6. The monoisotopic (exact) mass is 312 g/mol. The number of hydrogen-bond acceptors (Lipinski definition) is 5. The second-order valence-corrected chi connectivity index (χ2v) is 5.29. The Morgan fingerprint density at radius 3 is 2.57 bits per heavy atom. The predicted molar refractivity (Wildman–Crippen MR) is 84.1 cm³/mol. The van der Waals surface area contributed by atoms with Gasteiger partial charge in [0.05, 0.1) is 13.7 Å². The number of benzene rings is 2. The smallest absolute Gasteiger partial charge is 0.274 e. The zero-order chi connectivity index (χ0) is 16.4. The molecule has 0 aromatic heterocycles. The van der Waals surface area contributed by atoms with Gasteiger partial charge < -0.3 is 9.64 Å². The van der Waals surface area contributed by atoms with Crippen molar-refractivity contribution in [1.29, 1.82) is 0 Å². The highest BCUT2D eigenvalue weighted by Crippen LogP contribution is 2.26. The Labute approximate surface area is 133 Å². The first-order valence-corrected chi connectivity index (χ1v) is 7.12. The maximum absolute atomic E-state index is 12.3. The lowest BCUT2D eigenvalue weighted by Crippen LogP contribution is -2.35. The number of methoxy groups -OCH3 is 1. The van der Waals surface area contributed by atoms with E-state index in [1.165, 1.54) is 6.07 Å². The molecule has 1 amide bonds. The van der Waals surface area contributed by atoms with Gasteiger partial charge >= 0.3 is 0 Å². The minimum Gasteiger partial charge on any atom is -0.497 e. The van der Waals surface area contributed by atoms with E-state index in [1.807, 2.05) is 29.2 Å². The molecule has 0 fully saturated rings. The van der Waals surface area contributed by atoms with Crippen molar-refractivity contribution in [1.82, 2.24) is 5.48 Å². The average Bonchev–Trinajstić information content (AvgIpc) is 2.60. The quantitative estimate of drug-likeness (QED) is 0.669. The van der Waals surface area contributed by atoms with Gasteiger partial charge in [-0.1, -0.05) is 6.07 Å². The standard InChI is InChI=1S/C17H16N2O4/c1-23-14-5-3-13(4-6-14)19-9-12-8-11(17(21)18-22)2-7-15(12)16(20)10-19/h2-8,22H,9-10H2,1H3,(H,18,21). The molecule has 6 heteroatoms. The van der Waals surface area contributed by atoms with E-state index in [2.05, 4.69) is 0 Å². The van der Waals surface area contributed by atoms with Crippen LogP contribution >= 0.6 is 0 Å². The fourth-order valence-electron chi connectivity index (χ4n) is 2.70. The summed E-state index contributed by atoms with van der Waals surface area (Å²) in [6, 6.07) is 12.3. The molecule has 0 spiro atoms. The van der Waals surface area contributed by atoms with Gasteiger partial charge in [0.25, 0.3) is 5.91 Å². The number of ether oxygens (including phenoxy) is 1. The van der Waals surface area contributed by atoms with Crippen LogP contribution in [0.25, 0.3) is 0 Å². The molecule has 0 atom stereocenters. The maximum Gasteiger partial charge on any atom is 0.274 e. The highest BCUT2D eigenvalue weighted by atomic mass is 16.5. The van der Waals surface area contributed by atoms with Crippen molar-refractivity contribution in [2.24, 2.45) is 0 Å². The molecule has 1 aliphatic rings. The van der Waals surface area contributed by atoms with Gasteiger partial charge in [-0.25, -0.2) is 5.48 Å². The van der Waals surface area contributed by atoms with Crippen molar-refractivity contribution in [3.8, 4) is 5.75 Å². The minimum absolute atomic E-state index is 0.00183. The number of hydrogen-bond donors (Lipinski definition) is 2. The molecule has 0 saturated heterocycles. The normalized spacial score (nSPS) is 13.5. The van der Waals surface area contributed by atoms with E-state index in [4.69, 9.17) is 9.94 Å². The van der Waals surface area contributed by atoms with Gasteiger partial charge in [-0.05, 0) is 42.0 Å². The van der Waals surface area contributed by atoms with E-state index in [9.17, 15) is 9.59 Å². The zero-order valence-corrected chi connectivity index (χ0v) is 12.6. The van der Waals surface area contributed by atoms with Gasteiger partial charge in [0, 0.05) is 23.4 Å². The van der Waals surface area contributed by atoms with Crippen molar-refractivity contribution < 1.29 is 19.5 Å². The molecular weight excluding hydrogens is 296 g/mol. The Kier molecular flexibility index (Phi) is 3.99. The first-order valence-electron chi connectivity index (χ1n) is 7.12. The van der Waals surface area contributed by atoms with Gasteiger partial charge in [-0.3, -0.25) is 14.8 Å². The fraction of sp³-hybridized carbons (Fsp3) is 0.176. The van der Waals surface area contributed by atoms with E-state index in [0.717, 1.165) is 17.0 Å². The van der Waals surface area contributed by atoms with E-state index in [0.29, 0.717) is 17.7 Å². The third-order valence-electron chi connectivity index (χ3n) is 3.90. The van der Waals surface area contributed by atoms with Crippen LogP contribution in [0.15, 0.2) is 42.5 Å². The van der Waals surface area contributed by atoms with Gasteiger partial charge in [0.15, 0.2) is 5.78 Å². The summed E-state index contributed by atoms with van der Waals surface area (Å²) in [7, 11) is 1.60. The van der Waals surface area contributed by atoms with Crippen LogP contribution < -0.4 is 15.1 Å². The van der Waals surface area contributed by atoms with Crippen LogP contribution in [0.5, 0.6) is 5.75 Å². The number of hydroxylamine groups is 1. The third-order valence-corrected chi connectivity index (χ3v) is 3.90. The van der Waals surface area contributed by atoms with E-state index in [1.54, 1.807) is 24.7 Å². The Bertz CT molecular complexity index is 756. The number of rotatable bonds is 3. The molecule has 1 heterocycles. The van der Waals surface area contributed by atoms with Crippen LogP contribution in [0.3, 0.4) is 0 Å². The summed E-state index contributed by atoms with van der Waals surface area (Å²) in [6.07, 6.45) is 0. The second kappa shape index (κ2) is 6.10. The first-order chi connectivity index (χ1) is 11.1. The Morgan fingerprint density at radius 1 is 1.17 bits per heavy atom. The number of fused-ring (bicyclic) bond motifs is 1. The summed E-state index contributed by atoms with van der Waals surface area (Å²) >= 11 is 0. The van der Waals surface area contributed by atoms with Crippen LogP contribution in [-0.4, -0.2) is 30.6 Å². The van der Waals surface area contributed by atoms with Crippen LogP contribution in [-0.2, 0) is 6.54 Å². The number of nitrogens with one attached hydrogen (secondary N) is 1. The summed E-state index contributed by atoms with van der Waals surface area (Å²) in [6.45, 7) is 0.796. The molecule has 118 valence electrons. The lowest BCUT2D eigenvalue weighted by molar-refractivity contribution is 0.0706. The maximum atomic E-state index is 12.3. The molecule has 2 aromatic carbocycles. The molecule has 6 nitrogen and oxygen atoms in total. The molecule has 2 aromatic rings. The van der Waals surface area contributed by atoms with Crippen LogP contribution in [0.1, 0.15) is 26.3 Å². The Balaban J connectivity index is 1.91. The number of nitrogens with zero attached hydrogens (tertiary/aromatic N) is 1. The number of carbonyl (C=O) groups excluding carboxylic acids is 2. The van der Waals surface area contributed by atoms with Gasteiger partial charge in [-0.2, -0.15) is 0 Å². The highest BCUT2D eigenvalue weighted by molar-refractivity contribution is 6.03. The van der Waals surface area contributed by atoms with Crippen molar-refractivity contribution >= 4 is 17.4 Å². The summed E-state index contributed by atoms with van der Waals surface area (Å²) in [5.74, 6) is 0.152. The lowest BCUT2D eigenvalue weighted by Gasteiger charge is -2.30. The molecule has 0 unspecified atom stereocenters. The van der Waals surface area contributed by atoms with Crippen molar-refractivity contribution in [2.45, 2.75) is 6.54 Å². The second-order valence-electron chi connectivity index (χ2n) is 5.29. The largest absolute Gasteiger partial charge is 0.497 e. The average molecular weight is 312 g/mol. The van der Waals surface area contributed by atoms with Crippen LogP contribution in [0.4, 0.5) is 5.69 Å². The predicted octanol–water partition coefficient (Wildman–Crippen LogP) is 2.02. The van der Waals surface area contributed by atoms with Gasteiger partial charge in [0.1, 0.15) is 5.75 Å². The number of anilines is 1. The summed E-state index contributed by atoms with van der Waals surface area (Å²) in [4.78, 5) is 25.8. The summed E-state index contributed by atoms with van der Waals surface area (Å²) in [5, 5.41) is 8.73. The van der Waals surface area contributed by atoms with E-state index in [-0.39, 0.29) is 12.3 Å². The van der Waals surface area contributed by atoms with Gasteiger partial charge in [-0.15, -0.1) is 0 Å². The first kappa shape index (κ1) is 15.1. The molecule has 0 saturated carbocycles. The number of Topliss-reactive ketones (excluding diaryl/α,β-unsaturated/α-hetero) is 1. The Hall–Kier alpha value is -2.86. The molecular formula is C17H16N2O4. The number of carbonyl (C=O) groups is 2. The fourth-order valence-corrected chi connectivity index (χ4v) is 2.70. The molecule has 1 aliphatic heterocycles. The third kappa shape index (κ3) is 2.89. The lowest BCUT2D eigenvalue weighted by atomic mass is 9.96. The van der Waals surface area contributed by atoms with Crippen molar-refractivity contribution in [2.75, 3.05) is 18.6 Å². The summed E-state index contributed by atoms with van der Waals surface area (Å²) in [5.41, 5.74) is 4.20. The minimum atomic E-state index is -0.596. The van der Waals surface area contributed by atoms with E-state index < -0.39 is 5.91 Å². The molecule has 0 aliphatic carbocycles. The Morgan fingerprint density at radius 2 is 1.91 bits per heavy atom. The van der Waals surface area contributed by atoms with Crippen molar-refractivity contribution in [3.05, 3.63) is 59.2 Å². The molecule has 2 N–H and O–H groups in total. The molecule has 0 radical (unpaired) electrons. The van der Waals surface area contributed by atoms with Crippen molar-refractivity contribution in [3.63, 3.8) is 0 Å². The SMILES string of the molecule is COc1ccc(N2CC(=O)c3ccc(C(=O)NO)cc3C2)cc1. The molecule has 23 heavy (non-hydrogen) atoms. The molecule has 3 rings (SSSR count). The van der Waals surface area contributed by atoms with Crippen LogP contribution in [0.2, 0.25) is 0 Å². The highest BCUT2D eigenvalue weighted by Gasteiger charge is 2.24. The van der Waals surface area contributed by atoms with Gasteiger partial charge in [0.2, 0.25) is 0 Å². The topological polar surface area (TPSA) is 78.9 Å². The molecule has 0 bridgehead atoms.